The van der Waals surface area contributed by atoms with Crippen LogP contribution in [0.2, 0.25) is 0 Å². The molecule has 3 aliphatic rings. The zero-order chi connectivity index (χ0) is 23.1. The third-order valence-corrected chi connectivity index (χ3v) is 7.20. The van der Waals surface area contributed by atoms with Gasteiger partial charge in [0.1, 0.15) is 0 Å². The van der Waals surface area contributed by atoms with Crippen LogP contribution in [-0.2, 0) is 0 Å². The molecule has 0 spiro atoms. The largest absolute Gasteiger partial charge is 0.314 e. The van der Waals surface area contributed by atoms with Crippen molar-refractivity contribution in [2.75, 3.05) is 26.7 Å². The van der Waals surface area contributed by atoms with E-state index in [1.165, 1.54) is 96.7 Å². The number of nitrogens with one attached hydrogen (secondary N) is 2. The summed E-state index contributed by atoms with van der Waals surface area (Å²) in [6, 6.07) is 2.06. The Morgan fingerprint density at radius 3 is 1.32 bits per heavy atom. The van der Waals surface area contributed by atoms with Crippen molar-refractivity contribution < 1.29 is 0 Å². The smallest absolute Gasteiger partial charge is 0.00356 e. The minimum atomic E-state index is 0.664. The second-order valence-electron chi connectivity index (χ2n) is 11.6. The van der Waals surface area contributed by atoms with Crippen LogP contribution in [0.25, 0.3) is 0 Å². The maximum Gasteiger partial charge on any atom is 0.00356 e. The average molecular weight is 438 g/mol. The first kappa shape index (κ1) is 28.9. The highest BCUT2D eigenvalue weighted by atomic mass is 15.1. The molecular formula is C28H59N3. The third kappa shape index (κ3) is 17.1. The van der Waals surface area contributed by atoms with Gasteiger partial charge in [-0.05, 0) is 90.3 Å². The fourth-order valence-electron chi connectivity index (χ4n) is 4.51. The molecule has 0 unspecified atom stereocenters. The van der Waals surface area contributed by atoms with Gasteiger partial charge in [0.25, 0.3) is 0 Å². The molecule has 0 saturated heterocycles. The van der Waals surface area contributed by atoms with E-state index in [0.717, 1.165) is 17.8 Å². The first-order valence-electron chi connectivity index (χ1n) is 13.9. The predicted octanol–water partition coefficient (Wildman–Crippen LogP) is 6.87. The summed E-state index contributed by atoms with van der Waals surface area (Å²) < 4.78 is 0. The zero-order valence-corrected chi connectivity index (χ0v) is 22.5. The van der Waals surface area contributed by atoms with Gasteiger partial charge in [0.15, 0.2) is 0 Å². The van der Waals surface area contributed by atoms with E-state index in [-0.39, 0.29) is 0 Å². The highest BCUT2D eigenvalue weighted by Gasteiger charge is 2.20. The lowest BCUT2D eigenvalue weighted by molar-refractivity contribution is 0.200. The van der Waals surface area contributed by atoms with Gasteiger partial charge in [-0.2, -0.15) is 0 Å². The summed E-state index contributed by atoms with van der Waals surface area (Å²) in [4.78, 5) is 2.48. The van der Waals surface area contributed by atoms with Gasteiger partial charge in [-0.25, -0.2) is 0 Å². The molecule has 3 rings (SSSR count). The summed E-state index contributed by atoms with van der Waals surface area (Å²) in [6.45, 7) is 17.2. The van der Waals surface area contributed by atoms with Crippen molar-refractivity contribution in [3.63, 3.8) is 0 Å². The van der Waals surface area contributed by atoms with Crippen molar-refractivity contribution in [3.8, 4) is 0 Å². The maximum atomic E-state index is 3.52. The minimum absolute atomic E-state index is 0.664. The van der Waals surface area contributed by atoms with Gasteiger partial charge < -0.3 is 15.5 Å². The monoisotopic (exact) mass is 437 g/mol. The second kappa shape index (κ2) is 17.4. The van der Waals surface area contributed by atoms with Crippen molar-refractivity contribution >= 4 is 0 Å². The summed E-state index contributed by atoms with van der Waals surface area (Å²) in [7, 11) is 2.25. The molecule has 186 valence electrons. The van der Waals surface area contributed by atoms with Crippen LogP contribution in [0.15, 0.2) is 0 Å². The lowest BCUT2D eigenvalue weighted by Crippen LogP contribution is -2.32. The van der Waals surface area contributed by atoms with Gasteiger partial charge in [-0.3, -0.25) is 0 Å². The number of hydrogen-bond donors (Lipinski definition) is 2. The molecule has 0 aromatic heterocycles. The van der Waals surface area contributed by atoms with E-state index in [1.807, 2.05) is 0 Å². The molecule has 31 heavy (non-hydrogen) atoms. The zero-order valence-electron chi connectivity index (χ0n) is 22.5. The molecule has 3 heteroatoms. The van der Waals surface area contributed by atoms with Crippen LogP contribution in [-0.4, -0.2) is 49.7 Å². The Morgan fingerprint density at radius 2 is 0.968 bits per heavy atom. The molecule has 3 saturated carbocycles. The highest BCUT2D eigenvalue weighted by Crippen LogP contribution is 2.27. The lowest BCUT2D eigenvalue weighted by atomic mass is 9.89. The topological polar surface area (TPSA) is 27.3 Å². The molecule has 3 fully saturated rings. The van der Waals surface area contributed by atoms with Gasteiger partial charge in [0, 0.05) is 24.7 Å². The average Bonchev–Trinajstić information content (AvgIpc) is 3.58. The van der Waals surface area contributed by atoms with E-state index < -0.39 is 0 Å². The summed E-state index contributed by atoms with van der Waals surface area (Å²) in [6.07, 6.45) is 17.6. The quantitative estimate of drug-likeness (QED) is 0.412. The normalized spacial score (nSPS) is 20.6. The highest BCUT2D eigenvalue weighted by molar-refractivity contribution is 4.75. The summed E-state index contributed by atoms with van der Waals surface area (Å²) in [5.41, 5.74) is 0. The van der Waals surface area contributed by atoms with Crippen molar-refractivity contribution in [3.05, 3.63) is 0 Å². The Morgan fingerprint density at radius 1 is 0.581 bits per heavy atom. The minimum Gasteiger partial charge on any atom is -0.314 e. The van der Waals surface area contributed by atoms with Crippen molar-refractivity contribution in [2.24, 2.45) is 17.8 Å². The molecule has 0 bridgehead atoms. The molecule has 0 aromatic carbocycles. The third-order valence-electron chi connectivity index (χ3n) is 7.20. The Balaban J connectivity index is 0.000000237. The Labute approximate surface area is 196 Å². The maximum absolute atomic E-state index is 3.52. The standard InChI is InChI=1S/C11H23N.C10H21N.C7H15N/c1-10(2)12(3)9-11-7-5-4-6-8-11;1-9(2)11-8-10-6-4-3-5-7-10;1-6(2)8-5-7-3-4-7/h10-11H,4-9H2,1-3H3;9-11H,3-8H2,1-2H3;6-8H,3-5H2,1-2H3. The lowest BCUT2D eigenvalue weighted by Gasteiger charge is -2.29. The van der Waals surface area contributed by atoms with Gasteiger partial charge in [-0.1, -0.05) is 66.2 Å². The molecular weight excluding hydrogens is 378 g/mol. The first-order valence-corrected chi connectivity index (χ1v) is 13.9. The summed E-state index contributed by atoms with van der Waals surface area (Å²) in [5.74, 6) is 3.00. The van der Waals surface area contributed by atoms with Crippen molar-refractivity contribution in [2.45, 2.75) is 137 Å². The van der Waals surface area contributed by atoms with E-state index in [0.29, 0.717) is 18.1 Å². The van der Waals surface area contributed by atoms with E-state index in [4.69, 9.17) is 0 Å². The van der Waals surface area contributed by atoms with E-state index >= 15 is 0 Å². The van der Waals surface area contributed by atoms with E-state index in [1.54, 1.807) is 0 Å². The fraction of sp³-hybridized carbons (Fsp3) is 1.00. The predicted molar refractivity (Wildman–Crippen MR) is 140 cm³/mol. The van der Waals surface area contributed by atoms with Gasteiger partial charge >= 0.3 is 0 Å². The van der Waals surface area contributed by atoms with Crippen LogP contribution < -0.4 is 10.6 Å². The van der Waals surface area contributed by atoms with Crippen LogP contribution >= 0.6 is 0 Å². The summed E-state index contributed by atoms with van der Waals surface area (Å²) in [5, 5.41) is 6.92. The Hall–Kier alpha value is -0.120. The van der Waals surface area contributed by atoms with Crippen molar-refractivity contribution in [1.29, 1.82) is 0 Å². The Bertz CT molecular complexity index is 389. The molecule has 3 nitrogen and oxygen atoms in total. The number of rotatable bonds is 9. The number of nitrogens with zero attached hydrogens (tertiary/aromatic N) is 1. The summed E-state index contributed by atoms with van der Waals surface area (Å²) >= 11 is 0. The van der Waals surface area contributed by atoms with E-state index in [9.17, 15) is 0 Å². The first-order chi connectivity index (χ1) is 14.8. The Kier molecular flexibility index (Phi) is 16.2. The molecule has 0 aromatic rings. The molecule has 3 aliphatic carbocycles. The molecule has 0 radical (unpaired) electrons. The molecule has 0 atom stereocenters. The fourth-order valence-corrected chi connectivity index (χ4v) is 4.51. The van der Waals surface area contributed by atoms with Crippen LogP contribution in [0.5, 0.6) is 0 Å². The molecule has 0 aliphatic heterocycles. The SMILES string of the molecule is CC(C)N(C)CC1CCCCC1.CC(C)NCC1CC1.CC(C)NCC1CCCCC1. The van der Waals surface area contributed by atoms with Gasteiger partial charge in [0.2, 0.25) is 0 Å². The van der Waals surface area contributed by atoms with Gasteiger partial charge in [0.05, 0.1) is 0 Å². The van der Waals surface area contributed by atoms with Crippen molar-refractivity contribution in [1.82, 2.24) is 15.5 Å². The van der Waals surface area contributed by atoms with Crippen LogP contribution in [0, 0.1) is 17.8 Å². The second-order valence-corrected chi connectivity index (χ2v) is 11.6. The molecule has 2 N–H and O–H groups in total. The van der Waals surface area contributed by atoms with Gasteiger partial charge in [-0.15, -0.1) is 0 Å². The van der Waals surface area contributed by atoms with Crippen LogP contribution in [0.4, 0.5) is 0 Å². The molecule has 0 heterocycles. The van der Waals surface area contributed by atoms with Crippen LogP contribution in [0.3, 0.4) is 0 Å². The molecule has 0 amide bonds. The number of hydrogen-bond acceptors (Lipinski definition) is 3. The van der Waals surface area contributed by atoms with E-state index in [2.05, 4.69) is 64.1 Å². The van der Waals surface area contributed by atoms with Crippen LogP contribution in [0.1, 0.15) is 119 Å².